The molecule has 1 heterocycles. The monoisotopic (exact) mass is 422 g/mol. The number of hydrogen-bond acceptors (Lipinski definition) is 3. The number of nitrogens with zero attached hydrogens (tertiary/aromatic N) is 2. The van der Waals surface area contributed by atoms with Crippen LogP contribution in [0.15, 0.2) is 42.5 Å². The van der Waals surface area contributed by atoms with E-state index in [4.69, 9.17) is 0 Å². The highest BCUT2D eigenvalue weighted by atomic mass is 32.2. The highest BCUT2D eigenvalue weighted by Gasteiger charge is 2.31. The van der Waals surface area contributed by atoms with Crippen molar-refractivity contribution >= 4 is 17.7 Å². The van der Waals surface area contributed by atoms with E-state index in [9.17, 15) is 18.0 Å². The molecule has 156 valence electrons. The molecule has 1 aliphatic rings. The number of thioether (sulfide) groups is 1. The number of rotatable bonds is 8. The fourth-order valence-corrected chi connectivity index (χ4v) is 4.75. The van der Waals surface area contributed by atoms with Gasteiger partial charge in [-0.1, -0.05) is 25.5 Å². The van der Waals surface area contributed by atoms with Crippen LogP contribution >= 0.6 is 11.8 Å². The molecule has 1 aliphatic heterocycles. The first kappa shape index (κ1) is 21.7. The molecule has 0 saturated carbocycles. The summed E-state index contributed by atoms with van der Waals surface area (Å²) in [6, 6.07) is 9.69. The third kappa shape index (κ3) is 6.00. The van der Waals surface area contributed by atoms with Crippen LogP contribution in [0.5, 0.6) is 0 Å². The second-order valence-electron chi connectivity index (χ2n) is 7.20. The summed E-state index contributed by atoms with van der Waals surface area (Å²) in [5.74, 6) is -0.749. The van der Waals surface area contributed by atoms with Crippen molar-refractivity contribution in [2.45, 2.75) is 31.7 Å². The molecule has 29 heavy (non-hydrogen) atoms. The van der Waals surface area contributed by atoms with E-state index in [-0.39, 0.29) is 23.6 Å². The lowest BCUT2D eigenvalue weighted by Gasteiger charge is -2.28. The van der Waals surface area contributed by atoms with E-state index in [0.29, 0.717) is 25.2 Å². The molecule has 1 amide bonds. The van der Waals surface area contributed by atoms with Gasteiger partial charge in [0.1, 0.15) is 22.8 Å². The molecule has 3 nitrogen and oxygen atoms in total. The van der Waals surface area contributed by atoms with Crippen LogP contribution in [0.2, 0.25) is 0 Å². The summed E-state index contributed by atoms with van der Waals surface area (Å²) in [6.45, 7) is 3.84. The van der Waals surface area contributed by atoms with E-state index < -0.39 is 11.6 Å². The average molecular weight is 423 g/mol. The maximum Gasteiger partial charge on any atom is 0.237 e. The Kier molecular flexibility index (Phi) is 7.61. The van der Waals surface area contributed by atoms with Crippen LogP contribution in [-0.4, -0.2) is 41.1 Å². The number of halogens is 3. The van der Waals surface area contributed by atoms with Gasteiger partial charge < -0.3 is 4.90 Å². The second-order valence-corrected chi connectivity index (χ2v) is 8.39. The number of hydrogen-bond donors (Lipinski definition) is 0. The number of carbonyl (C=O) groups excluding carboxylic acids is 1. The van der Waals surface area contributed by atoms with E-state index in [2.05, 4.69) is 6.92 Å². The van der Waals surface area contributed by atoms with Crippen molar-refractivity contribution in [3.8, 4) is 0 Å². The average Bonchev–Trinajstić information content (AvgIpc) is 3.16. The van der Waals surface area contributed by atoms with Gasteiger partial charge in [-0.2, -0.15) is 0 Å². The summed E-state index contributed by atoms with van der Waals surface area (Å²) in [5.41, 5.74) is 1.41. The summed E-state index contributed by atoms with van der Waals surface area (Å²) in [7, 11) is 0. The summed E-state index contributed by atoms with van der Waals surface area (Å²) >= 11 is 1.66. The molecular formula is C22H25F3N2OS. The Morgan fingerprint density at radius 1 is 1.10 bits per heavy atom. The predicted molar refractivity (Wildman–Crippen MR) is 110 cm³/mol. The Balaban J connectivity index is 1.70. The van der Waals surface area contributed by atoms with Gasteiger partial charge in [-0.3, -0.25) is 9.69 Å². The zero-order valence-electron chi connectivity index (χ0n) is 16.4. The summed E-state index contributed by atoms with van der Waals surface area (Å²) < 4.78 is 40.3. The smallest absolute Gasteiger partial charge is 0.237 e. The first-order chi connectivity index (χ1) is 14.0. The van der Waals surface area contributed by atoms with Gasteiger partial charge in [-0.25, -0.2) is 13.2 Å². The van der Waals surface area contributed by atoms with Gasteiger partial charge in [0, 0.05) is 24.9 Å². The van der Waals surface area contributed by atoms with Gasteiger partial charge in [-0.05, 0) is 48.4 Å². The van der Waals surface area contributed by atoms with Crippen LogP contribution in [0.1, 0.15) is 36.3 Å². The van der Waals surface area contributed by atoms with E-state index in [0.717, 1.165) is 30.2 Å². The quantitative estimate of drug-likeness (QED) is 0.599. The highest BCUT2D eigenvalue weighted by molar-refractivity contribution is 7.99. The Bertz CT molecular complexity index is 811. The van der Waals surface area contributed by atoms with Crippen molar-refractivity contribution in [1.29, 1.82) is 0 Å². The SMILES string of the molecule is CCCCN(CC(=O)N1CCSC1c1ccc(F)cc1)Cc1cc(F)cc(F)c1. The molecule has 0 aromatic heterocycles. The lowest BCUT2D eigenvalue weighted by molar-refractivity contribution is -0.132. The van der Waals surface area contributed by atoms with Crippen LogP contribution in [0.3, 0.4) is 0 Å². The van der Waals surface area contributed by atoms with Gasteiger partial charge in [0.25, 0.3) is 0 Å². The normalized spacial score (nSPS) is 16.6. The molecule has 1 atom stereocenters. The van der Waals surface area contributed by atoms with Gasteiger partial charge in [0.05, 0.1) is 6.54 Å². The van der Waals surface area contributed by atoms with Crippen LogP contribution in [0, 0.1) is 17.5 Å². The molecule has 1 fully saturated rings. The minimum absolute atomic E-state index is 0.0303. The highest BCUT2D eigenvalue weighted by Crippen LogP contribution is 2.38. The van der Waals surface area contributed by atoms with E-state index in [1.165, 1.54) is 24.3 Å². The summed E-state index contributed by atoms with van der Waals surface area (Å²) in [4.78, 5) is 16.8. The van der Waals surface area contributed by atoms with Crippen molar-refractivity contribution < 1.29 is 18.0 Å². The molecule has 1 unspecified atom stereocenters. The molecule has 0 aliphatic carbocycles. The van der Waals surface area contributed by atoms with Gasteiger partial charge >= 0.3 is 0 Å². The molecule has 0 spiro atoms. The third-order valence-electron chi connectivity index (χ3n) is 4.88. The lowest BCUT2D eigenvalue weighted by atomic mass is 10.1. The van der Waals surface area contributed by atoms with Crippen LogP contribution in [0.4, 0.5) is 13.2 Å². The fourth-order valence-electron chi connectivity index (χ4n) is 3.47. The minimum atomic E-state index is -0.617. The molecule has 0 bridgehead atoms. The van der Waals surface area contributed by atoms with Crippen molar-refractivity contribution in [2.24, 2.45) is 0 Å². The number of benzene rings is 2. The Morgan fingerprint density at radius 3 is 2.45 bits per heavy atom. The summed E-state index contributed by atoms with van der Waals surface area (Å²) in [6.07, 6.45) is 1.85. The van der Waals surface area contributed by atoms with Crippen molar-refractivity contribution in [3.05, 3.63) is 71.0 Å². The second kappa shape index (κ2) is 10.2. The molecule has 0 N–H and O–H groups in total. The van der Waals surface area contributed by atoms with Crippen molar-refractivity contribution in [3.63, 3.8) is 0 Å². The molecule has 2 aromatic rings. The number of carbonyl (C=O) groups is 1. The predicted octanol–water partition coefficient (Wildman–Crippen LogP) is 4.98. The zero-order valence-corrected chi connectivity index (χ0v) is 17.2. The molecular weight excluding hydrogens is 397 g/mol. The molecule has 0 radical (unpaired) electrons. The Labute approximate surface area is 173 Å². The third-order valence-corrected chi connectivity index (χ3v) is 6.14. The van der Waals surface area contributed by atoms with Gasteiger partial charge in [0.2, 0.25) is 5.91 Å². The van der Waals surface area contributed by atoms with Crippen LogP contribution in [-0.2, 0) is 11.3 Å². The fraction of sp³-hybridized carbons (Fsp3) is 0.409. The number of unbranched alkanes of at least 4 members (excludes halogenated alkanes) is 1. The van der Waals surface area contributed by atoms with Crippen molar-refractivity contribution in [2.75, 3.05) is 25.4 Å². The molecule has 7 heteroatoms. The molecule has 3 rings (SSSR count). The number of amides is 1. The maximum atomic E-state index is 13.5. The molecule has 1 saturated heterocycles. The first-order valence-corrected chi connectivity index (χ1v) is 10.8. The topological polar surface area (TPSA) is 23.6 Å². The minimum Gasteiger partial charge on any atom is -0.325 e. The van der Waals surface area contributed by atoms with Crippen molar-refractivity contribution in [1.82, 2.24) is 9.80 Å². The van der Waals surface area contributed by atoms with Gasteiger partial charge in [-0.15, -0.1) is 11.8 Å². The maximum absolute atomic E-state index is 13.5. The standard InChI is InChI=1S/C22H25F3N2OS/c1-2-3-8-26(14-16-11-19(24)13-20(25)12-16)15-21(28)27-9-10-29-22(27)17-4-6-18(23)7-5-17/h4-7,11-13,22H,2-3,8-10,14-15H2,1H3. The molecule has 2 aromatic carbocycles. The van der Waals surface area contributed by atoms with E-state index >= 15 is 0 Å². The van der Waals surface area contributed by atoms with Gasteiger partial charge in [0.15, 0.2) is 0 Å². The van der Waals surface area contributed by atoms with E-state index in [1.807, 2.05) is 9.80 Å². The lowest BCUT2D eigenvalue weighted by Crippen LogP contribution is -2.40. The van der Waals surface area contributed by atoms with Crippen LogP contribution < -0.4 is 0 Å². The zero-order chi connectivity index (χ0) is 20.8. The summed E-state index contributed by atoms with van der Waals surface area (Å²) in [5, 5.41) is -0.136. The Morgan fingerprint density at radius 2 is 1.79 bits per heavy atom. The largest absolute Gasteiger partial charge is 0.325 e. The Hall–Kier alpha value is -1.99. The van der Waals surface area contributed by atoms with E-state index in [1.54, 1.807) is 23.9 Å². The van der Waals surface area contributed by atoms with Crippen LogP contribution in [0.25, 0.3) is 0 Å². The first-order valence-electron chi connectivity index (χ1n) is 9.80.